The molecule has 0 aromatic heterocycles. The van der Waals surface area contributed by atoms with E-state index in [-0.39, 0.29) is 11.7 Å². The van der Waals surface area contributed by atoms with E-state index in [1.807, 2.05) is 6.07 Å². The van der Waals surface area contributed by atoms with Crippen molar-refractivity contribution in [3.63, 3.8) is 0 Å². The third kappa shape index (κ3) is 5.41. The summed E-state index contributed by atoms with van der Waals surface area (Å²) in [4.78, 5) is 28.4. The summed E-state index contributed by atoms with van der Waals surface area (Å²) in [6.45, 7) is 8.27. The van der Waals surface area contributed by atoms with Gasteiger partial charge in [-0.1, -0.05) is 24.3 Å². The Morgan fingerprint density at radius 2 is 1.74 bits per heavy atom. The zero-order chi connectivity index (χ0) is 19.2. The summed E-state index contributed by atoms with van der Waals surface area (Å²) in [6, 6.07) is 15.7. The number of Topliss-reactive ketones (excluding diaryl/α,β-unsaturated/α-hetero) is 1. The van der Waals surface area contributed by atoms with E-state index < -0.39 is 0 Å². The van der Waals surface area contributed by atoms with Crippen LogP contribution in [0, 0.1) is 6.92 Å². The van der Waals surface area contributed by atoms with Crippen LogP contribution in [0.25, 0.3) is 0 Å². The molecular formula is C22H27N3O2. The number of nitrogens with one attached hydrogen (secondary N) is 1. The fourth-order valence-electron chi connectivity index (χ4n) is 3.35. The smallest absolute Gasteiger partial charge is 0.225 e. The van der Waals surface area contributed by atoms with Gasteiger partial charge in [-0.25, -0.2) is 0 Å². The molecule has 1 aliphatic heterocycles. The van der Waals surface area contributed by atoms with E-state index in [1.54, 1.807) is 18.2 Å². The fraction of sp³-hybridized carbons (Fsp3) is 0.364. The third-order valence-electron chi connectivity index (χ3n) is 4.95. The molecule has 0 bridgehead atoms. The number of hydrogen-bond donors (Lipinski definition) is 1. The Bertz CT molecular complexity index is 811. The molecule has 27 heavy (non-hydrogen) atoms. The molecule has 1 amide bonds. The van der Waals surface area contributed by atoms with E-state index in [1.165, 1.54) is 18.2 Å². The Hall–Kier alpha value is -2.66. The van der Waals surface area contributed by atoms with Crippen LogP contribution in [0.3, 0.4) is 0 Å². The number of carbonyl (C=O) groups excluding carboxylic acids is 2. The Morgan fingerprint density at radius 1 is 1.00 bits per heavy atom. The molecule has 2 aromatic carbocycles. The zero-order valence-corrected chi connectivity index (χ0v) is 16.1. The summed E-state index contributed by atoms with van der Waals surface area (Å²) in [7, 11) is 0. The molecule has 0 unspecified atom stereocenters. The van der Waals surface area contributed by atoms with Crippen LogP contribution in [0.2, 0.25) is 0 Å². The van der Waals surface area contributed by atoms with E-state index in [4.69, 9.17) is 0 Å². The lowest BCUT2D eigenvalue weighted by Gasteiger charge is -2.36. The van der Waals surface area contributed by atoms with Crippen molar-refractivity contribution in [2.75, 3.05) is 42.9 Å². The van der Waals surface area contributed by atoms with Gasteiger partial charge in [-0.2, -0.15) is 0 Å². The van der Waals surface area contributed by atoms with Crippen molar-refractivity contribution in [2.24, 2.45) is 0 Å². The van der Waals surface area contributed by atoms with Gasteiger partial charge in [-0.05, 0) is 43.7 Å². The van der Waals surface area contributed by atoms with Gasteiger partial charge in [-0.15, -0.1) is 0 Å². The van der Waals surface area contributed by atoms with Gasteiger partial charge in [0, 0.05) is 56.1 Å². The standard InChI is InChI=1S/C22H27N3O2/c1-17-5-3-8-21(15-17)25-13-11-24(12-14-25)10-9-22(27)23-20-7-4-6-19(16-20)18(2)26/h3-8,15-16H,9-14H2,1-2H3,(H,23,27). The van der Waals surface area contributed by atoms with Crippen molar-refractivity contribution in [3.8, 4) is 0 Å². The average Bonchev–Trinajstić information content (AvgIpc) is 2.67. The number of carbonyl (C=O) groups is 2. The maximum Gasteiger partial charge on any atom is 0.225 e. The summed E-state index contributed by atoms with van der Waals surface area (Å²) in [5.41, 5.74) is 3.84. The van der Waals surface area contributed by atoms with Crippen molar-refractivity contribution in [3.05, 3.63) is 59.7 Å². The molecule has 1 saturated heterocycles. The second-order valence-electron chi connectivity index (χ2n) is 7.10. The number of hydrogen-bond acceptors (Lipinski definition) is 4. The van der Waals surface area contributed by atoms with Crippen molar-refractivity contribution in [1.82, 2.24) is 4.90 Å². The summed E-state index contributed by atoms with van der Waals surface area (Å²) >= 11 is 0. The Labute approximate surface area is 161 Å². The SMILES string of the molecule is CC(=O)c1cccc(NC(=O)CCN2CCN(c3cccc(C)c3)CC2)c1. The monoisotopic (exact) mass is 365 g/mol. The second kappa shape index (κ2) is 8.82. The van der Waals surface area contributed by atoms with Gasteiger partial charge in [0.1, 0.15) is 0 Å². The Balaban J connectivity index is 1.44. The molecule has 3 rings (SSSR count). The maximum absolute atomic E-state index is 12.2. The summed E-state index contributed by atoms with van der Waals surface area (Å²) in [5.74, 6) is -0.0191. The molecule has 0 spiro atoms. The van der Waals surface area contributed by atoms with Crippen molar-refractivity contribution >= 4 is 23.1 Å². The van der Waals surface area contributed by atoms with Crippen molar-refractivity contribution in [2.45, 2.75) is 20.3 Å². The highest BCUT2D eigenvalue weighted by atomic mass is 16.1. The quantitative estimate of drug-likeness (QED) is 0.798. The largest absolute Gasteiger partial charge is 0.369 e. The van der Waals surface area contributed by atoms with E-state index in [9.17, 15) is 9.59 Å². The van der Waals surface area contributed by atoms with Gasteiger partial charge in [0.15, 0.2) is 5.78 Å². The van der Waals surface area contributed by atoms with Gasteiger partial charge >= 0.3 is 0 Å². The minimum atomic E-state index is -0.0168. The Morgan fingerprint density at radius 3 is 2.44 bits per heavy atom. The molecule has 1 N–H and O–H groups in total. The van der Waals surface area contributed by atoms with Gasteiger partial charge in [0.25, 0.3) is 0 Å². The number of benzene rings is 2. The number of aryl methyl sites for hydroxylation is 1. The van der Waals surface area contributed by atoms with Gasteiger partial charge in [-0.3, -0.25) is 14.5 Å². The predicted molar refractivity (Wildman–Crippen MR) is 110 cm³/mol. The molecule has 1 fully saturated rings. The third-order valence-corrected chi connectivity index (χ3v) is 4.95. The molecule has 142 valence electrons. The predicted octanol–water partition coefficient (Wildman–Crippen LogP) is 3.35. The zero-order valence-electron chi connectivity index (χ0n) is 16.1. The van der Waals surface area contributed by atoms with E-state index >= 15 is 0 Å². The minimum Gasteiger partial charge on any atom is -0.369 e. The van der Waals surface area contributed by atoms with E-state index in [0.717, 1.165) is 32.7 Å². The van der Waals surface area contributed by atoms with Gasteiger partial charge in [0.2, 0.25) is 5.91 Å². The van der Waals surface area contributed by atoms with Crippen LogP contribution in [0.15, 0.2) is 48.5 Å². The van der Waals surface area contributed by atoms with Crippen LogP contribution in [0.5, 0.6) is 0 Å². The first-order valence-corrected chi connectivity index (χ1v) is 9.46. The van der Waals surface area contributed by atoms with Crippen LogP contribution in [0.4, 0.5) is 11.4 Å². The van der Waals surface area contributed by atoms with Crippen LogP contribution in [-0.4, -0.2) is 49.3 Å². The molecular weight excluding hydrogens is 338 g/mol. The first-order chi connectivity index (χ1) is 13.0. The van der Waals surface area contributed by atoms with E-state index in [0.29, 0.717) is 17.7 Å². The lowest BCUT2D eigenvalue weighted by atomic mass is 10.1. The number of nitrogens with zero attached hydrogens (tertiary/aromatic N) is 2. The lowest BCUT2D eigenvalue weighted by Crippen LogP contribution is -2.47. The van der Waals surface area contributed by atoms with Crippen molar-refractivity contribution in [1.29, 1.82) is 0 Å². The molecule has 0 aliphatic carbocycles. The first kappa shape index (κ1) is 19.1. The fourth-order valence-corrected chi connectivity index (χ4v) is 3.35. The Kier molecular flexibility index (Phi) is 6.24. The average molecular weight is 365 g/mol. The highest BCUT2D eigenvalue weighted by molar-refractivity contribution is 5.97. The van der Waals surface area contributed by atoms with Gasteiger partial charge < -0.3 is 10.2 Å². The number of ketones is 1. The van der Waals surface area contributed by atoms with Crippen molar-refractivity contribution < 1.29 is 9.59 Å². The molecule has 0 radical (unpaired) electrons. The summed E-state index contributed by atoms with van der Waals surface area (Å²) in [6.07, 6.45) is 0.453. The van der Waals surface area contributed by atoms with Crippen LogP contribution in [-0.2, 0) is 4.79 Å². The van der Waals surface area contributed by atoms with Gasteiger partial charge in [0.05, 0.1) is 0 Å². The molecule has 1 heterocycles. The molecule has 0 atom stereocenters. The number of piperazine rings is 1. The van der Waals surface area contributed by atoms with Crippen LogP contribution in [0.1, 0.15) is 29.3 Å². The summed E-state index contributed by atoms with van der Waals surface area (Å²) in [5, 5.41) is 2.89. The molecule has 0 saturated carbocycles. The highest BCUT2D eigenvalue weighted by Gasteiger charge is 2.18. The molecule has 5 heteroatoms. The van der Waals surface area contributed by atoms with Crippen LogP contribution >= 0.6 is 0 Å². The topological polar surface area (TPSA) is 52.7 Å². The second-order valence-corrected chi connectivity index (χ2v) is 7.10. The molecule has 2 aromatic rings. The number of amides is 1. The normalized spacial score (nSPS) is 14.8. The highest BCUT2D eigenvalue weighted by Crippen LogP contribution is 2.18. The molecule has 1 aliphatic rings. The summed E-state index contributed by atoms with van der Waals surface area (Å²) < 4.78 is 0. The first-order valence-electron chi connectivity index (χ1n) is 9.46. The number of rotatable bonds is 6. The minimum absolute atomic E-state index is 0.00224. The van der Waals surface area contributed by atoms with Crippen LogP contribution < -0.4 is 10.2 Å². The van der Waals surface area contributed by atoms with E-state index in [2.05, 4.69) is 46.3 Å². The maximum atomic E-state index is 12.2. The molecule has 5 nitrogen and oxygen atoms in total. The lowest BCUT2D eigenvalue weighted by molar-refractivity contribution is -0.116. The number of anilines is 2.